The van der Waals surface area contributed by atoms with Crippen LogP contribution < -0.4 is 10.5 Å². The number of fused-ring (bicyclic) bond motifs is 2. The van der Waals surface area contributed by atoms with Crippen molar-refractivity contribution >= 4 is 49.7 Å². The van der Waals surface area contributed by atoms with Crippen LogP contribution in [0.3, 0.4) is 0 Å². The molecule has 0 N–H and O–H groups in total. The maximum Gasteiger partial charge on any atom is 0.258 e. The average Bonchev–Trinajstić information content (AvgIpc) is 3.41. The highest BCUT2D eigenvalue weighted by atomic mass is 32.2. The van der Waals surface area contributed by atoms with Gasteiger partial charge >= 0.3 is 0 Å². The number of benzene rings is 1. The van der Waals surface area contributed by atoms with Crippen molar-refractivity contribution in [3.63, 3.8) is 0 Å². The summed E-state index contributed by atoms with van der Waals surface area (Å²) < 4.78 is 28.5. The minimum absolute atomic E-state index is 0.0398. The van der Waals surface area contributed by atoms with E-state index in [9.17, 15) is 18.0 Å². The monoisotopic (exact) mass is 492 g/mol. The first-order chi connectivity index (χ1) is 15.3. The van der Waals surface area contributed by atoms with Crippen molar-refractivity contribution in [2.75, 3.05) is 30.3 Å². The Balaban J connectivity index is 1.42. The second kappa shape index (κ2) is 9.34. The first-order valence-electron chi connectivity index (χ1n) is 10.3. The van der Waals surface area contributed by atoms with Gasteiger partial charge in [0.1, 0.15) is 0 Å². The first kappa shape index (κ1) is 23.0. The van der Waals surface area contributed by atoms with Gasteiger partial charge in [-0.2, -0.15) is 4.31 Å². The number of amides is 1. The molecule has 0 spiro atoms. The Morgan fingerprint density at radius 3 is 2.78 bits per heavy atom. The molecule has 0 bridgehead atoms. The predicted molar refractivity (Wildman–Crippen MR) is 128 cm³/mol. The van der Waals surface area contributed by atoms with E-state index in [0.29, 0.717) is 42.5 Å². The summed E-state index contributed by atoms with van der Waals surface area (Å²) in [6, 6.07) is 6.50. The van der Waals surface area contributed by atoms with Crippen molar-refractivity contribution in [2.24, 2.45) is 0 Å². The van der Waals surface area contributed by atoms with E-state index < -0.39 is 10.0 Å². The smallest absolute Gasteiger partial charge is 0.258 e. The summed E-state index contributed by atoms with van der Waals surface area (Å²) in [5.41, 5.74) is 2.17. The fraction of sp³-hybridized carbons (Fsp3) is 0.381. The van der Waals surface area contributed by atoms with E-state index in [1.165, 1.54) is 37.9 Å². The molecule has 0 atom stereocenters. The lowest BCUT2D eigenvalue weighted by molar-refractivity contribution is -0.116. The second-order valence-corrected chi connectivity index (χ2v) is 11.1. The molecule has 0 saturated heterocycles. The third-order valence-corrected chi connectivity index (χ3v) is 9.18. The zero-order valence-corrected chi connectivity index (χ0v) is 20.3. The normalized spacial score (nSPS) is 13.8. The van der Waals surface area contributed by atoms with Crippen molar-refractivity contribution in [3.8, 4) is 0 Å². The summed E-state index contributed by atoms with van der Waals surface area (Å²) in [7, 11) is -3.53. The van der Waals surface area contributed by atoms with Crippen LogP contribution in [0.25, 0.3) is 4.96 Å². The van der Waals surface area contributed by atoms with E-state index in [1.54, 1.807) is 29.3 Å². The van der Waals surface area contributed by atoms with Crippen LogP contribution in [0, 0.1) is 0 Å². The molecule has 0 aliphatic carbocycles. The standard InChI is InChI=1S/C21H24N4O4S3/c1-3-23(4-2)32(28,29)17-5-6-18-15(11-17)7-8-24(18)20(27)14-30-13-16-12-19(26)25-9-10-31-21(25)22-16/h5-6,9-12H,3-4,7-8,13-14H2,1-2H3. The van der Waals surface area contributed by atoms with Gasteiger partial charge in [-0.25, -0.2) is 13.4 Å². The maximum atomic E-state index is 12.8. The van der Waals surface area contributed by atoms with Crippen LogP contribution in [-0.2, 0) is 27.0 Å². The summed E-state index contributed by atoms with van der Waals surface area (Å²) >= 11 is 2.81. The molecule has 3 heterocycles. The lowest BCUT2D eigenvalue weighted by Crippen LogP contribution is -2.31. The lowest BCUT2D eigenvalue weighted by Gasteiger charge is -2.20. The fourth-order valence-corrected chi connectivity index (χ4v) is 6.83. The van der Waals surface area contributed by atoms with Crippen LogP contribution >= 0.6 is 23.1 Å². The van der Waals surface area contributed by atoms with Gasteiger partial charge in [0, 0.05) is 48.7 Å². The minimum Gasteiger partial charge on any atom is -0.311 e. The van der Waals surface area contributed by atoms with Crippen molar-refractivity contribution < 1.29 is 13.2 Å². The van der Waals surface area contributed by atoms with Crippen LogP contribution in [0.15, 0.2) is 45.5 Å². The molecule has 1 aliphatic rings. The SMILES string of the molecule is CCN(CC)S(=O)(=O)c1ccc2c(c1)CCN2C(=O)CSCc1cc(=O)n2ccsc2n1. The molecular weight excluding hydrogens is 468 g/mol. The number of thioether (sulfide) groups is 1. The molecule has 2 aromatic heterocycles. The van der Waals surface area contributed by atoms with Crippen LogP contribution in [0.2, 0.25) is 0 Å². The number of hydrogen-bond acceptors (Lipinski definition) is 7. The Hall–Kier alpha value is -2.21. The Morgan fingerprint density at radius 1 is 1.25 bits per heavy atom. The molecule has 170 valence electrons. The second-order valence-electron chi connectivity index (χ2n) is 7.31. The van der Waals surface area contributed by atoms with Crippen LogP contribution in [-0.4, -0.2) is 53.4 Å². The molecule has 1 aromatic carbocycles. The number of carbonyl (C=O) groups is 1. The topological polar surface area (TPSA) is 92.1 Å². The van der Waals surface area contributed by atoms with E-state index in [-0.39, 0.29) is 22.1 Å². The van der Waals surface area contributed by atoms with Gasteiger partial charge in [0.25, 0.3) is 5.56 Å². The number of aromatic nitrogens is 2. The number of carbonyl (C=O) groups excluding carboxylic acids is 1. The number of nitrogens with zero attached hydrogens (tertiary/aromatic N) is 4. The molecule has 1 aliphatic heterocycles. The fourth-order valence-electron chi connectivity index (χ4n) is 3.79. The molecular formula is C21H24N4O4S3. The highest BCUT2D eigenvalue weighted by Gasteiger charge is 2.28. The molecule has 3 aromatic rings. The predicted octanol–water partition coefficient (Wildman–Crippen LogP) is 2.61. The quantitative estimate of drug-likeness (QED) is 0.480. The number of thiazole rings is 1. The Morgan fingerprint density at radius 2 is 2.03 bits per heavy atom. The molecule has 32 heavy (non-hydrogen) atoms. The van der Waals surface area contributed by atoms with Crippen LogP contribution in [0.1, 0.15) is 25.1 Å². The molecule has 11 heteroatoms. The zero-order valence-electron chi connectivity index (χ0n) is 17.9. The third kappa shape index (κ3) is 4.34. The molecule has 0 radical (unpaired) electrons. The molecule has 0 saturated carbocycles. The van der Waals surface area contributed by atoms with E-state index in [4.69, 9.17) is 0 Å². The maximum absolute atomic E-state index is 12.8. The minimum atomic E-state index is -3.53. The van der Waals surface area contributed by atoms with E-state index in [0.717, 1.165) is 11.3 Å². The van der Waals surface area contributed by atoms with Gasteiger partial charge in [0.15, 0.2) is 4.96 Å². The molecule has 1 amide bonds. The number of rotatable bonds is 8. The van der Waals surface area contributed by atoms with Crippen molar-refractivity contribution in [1.29, 1.82) is 0 Å². The number of anilines is 1. The van der Waals surface area contributed by atoms with Gasteiger partial charge in [-0.3, -0.25) is 14.0 Å². The molecule has 8 nitrogen and oxygen atoms in total. The summed E-state index contributed by atoms with van der Waals surface area (Å²) in [5.74, 6) is 0.684. The average molecular weight is 493 g/mol. The lowest BCUT2D eigenvalue weighted by atomic mass is 10.2. The third-order valence-electron chi connectivity index (χ3n) is 5.42. The van der Waals surface area contributed by atoms with E-state index in [2.05, 4.69) is 4.98 Å². The van der Waals surface area contributed by atoms with Crippen molar-refractivity contribution in [2.45, 2.75) is 30.9 Å². The van der Waals surface area contributed by atoms with E-state index in [1.807, 2.05) is 19.2 Å². The summed E-state index contributed by atoms with van der Waals surface area (Å²) in [4.78, 5) is 32.0. The summed E-state index contributed by atoms with van der Waals surface area (Å²) in [6.45, 7) is 5.00. The van der Waals surface area contributed by atoms with Gasteiger partial charge in [0.2, 0.25) is 15.9 Å². The van der Waals surface area contributed by atoms with Gasteiger partial charge in [-0.15, -0.1) is 23.1 Å². The van der Waals surface area contributed by atoms with Crippen LogP contribution in [0.5, 0.6) is 0 Å². The van der Waals surface area contributed by atoms with Gasteiger partial charge in [-0.05, 0) is 30.2 Å². The van der Waals surface area contributed by atoms with Crippen molar-refractivity contribution in [3.05, 3.63) is 57.5 Å². The molecule has 0 fully saturated rings. The van der Waals surface area contributed by atoms with E-state index >= 15 is 0 Å². The Labute approximate surface area is 194 Å². The highest BCUT2D eigenvalue weighted by molar-refractivity contribution is 7.99. The van der Waals surface area contributed by atoms with Crippen molar-refractivity contribution in [1.82, 2.24) is 13.7 Å². The van der Waals surface area contributed by atoms with Gasteiger partial charge < -0.3 is 4.90 Å². The highest BCUT2D eigenvalue weighted by Crippen LogP contribution is 2.31. The first-order valence-corrected chi connectivity index (χ1v) is 13.8. The largest absolute Gasteiger partial charge is 0.311 e. The summed E-state index contributed by atoms with van der Waals surface area (Å²) in [5, 5.41) is 1.81. The Kier molecular flexibility index (Phi) is 6.70. The summed E-state index contributed by atoms with van der Waals surface area (Å²) in [6.07, 6.45) is 2.32. The zero-order chi connectivity index (χ0) is 22.9. The molecule has 0 unspecified atom stereocenters. The Bertz CT molecular complexity index is 1310. The van der Waals surface area contributed by atoms with Gasteiger partial charge in [-0.1, -0.05) is 13.8 Å². The van der Waals surface area contributed by atoms with Gasteiger partial charge in [0.05, 0.1) is 16.3 Å². The van der Waals surface area contributed by atoms with Crippen LogP contribution in [0.4, 0.5) is 5.69 Å². The molecule has 4 rings (SSSR count). The number of sulfonamides is 1. The number of hydrogen-bond donors (Lipinski definition) is 0.